The zero-order chi connectivity index (χ0) is 17.8. The van der Waals surface area contributed by atoms with Crippen molar-refractivity contribution in [2.75, 3.05) is 7.11 Å². The van der Waals surface area contributed by atoms with Crippen LogP contribution in [0.15, 0.2) is 63.8 Å². The first-order chi connectivity index (χ1) is 12.1. The predicted molar refractivity (Wildman–Crippen MR) is 105 cm³/mol. The molecule has 126 valence electrons. The smallest absolute Gasteiger partial charge is 0.297 e. The maximum Gasteiger partial charge on any atom is 0.297 e. The predicted octanol–water partition coefficient (Wildman–Crippen LogP) is 3.55. The molecule has 1 fully saturated rings. The summed E-state index contributed by atoms with van der Waals surface area (Å²) >= 11 is 8.62. The number of thiocarbonyl (C=S) groups is 1. The Morgan fingerprint density at radius 2 is 1.96 bits per heavy atom. The Morgan fingerprint density at radius 1 is 1.20 bits per heavy atom. The number of nitrogens with zero attached hydrogens (tertiary/aromatic N) is 2. The number of amides is 1. The lowest BCUT2D eigenvalue weighted by atomic mass is 10.2. The van der Waals surface area contributed by atoms with Crippen molar-refractivity contribution in [2.45, 2.75) is 0 Å². The van der Waals surface area contributed by atoms with E-state index in [1.807, 2.05) is 48.5 Å². The van der Waals surface area contributed by atoms with Crippen LogP contribution in [0.3, 0.4) is 0 Å². The monoisotopic (exact) mass is 415 g/mol. The largest absolute Gasteiger partial charge is 0.496 e. The number of benzene rings is 2. The summed E-state index contributed by atoms with van der Waals surface area (Å²) < 4.78 is 5.99. The molecule has 0 bridgehead atoms. The van der Waals surface area contributed by atoms with Gasteiger partial charge >= 0.3 is 0 Å². The van der Waals surface area contributed by atoms with E-state index in [1.165, 1.54) is 5.01 Å². The quantitative estimate of drug-likeness (QED) is 0.471. The zero-order valence-corrected chi connectivity index (χ0v) is 15.7. The molecule has 7 heteroatoms. The van der Waals surface area contributed by atoms with Crippen molar-refractivity contribution in [3.05, 3.63) is 69.8 Å². The van der Waals surface area contributed by atoms with Gasteiger partial charge in [-0.2, -0.15) is 10.1 Å². The van der Waals surface area contributed by atoms with E-state index in [0.29, 0.717) is 5.70 Å². The number of carbonyl (C=O) groups is 1. The summed E-state index contributed by atoms with van der Waals surface area (Å²) in [5, 5.41) is 8.51. The number of ether oxygens (including phenoxy) is 1. The molecule has 1 aliphatic rings. The standard InChI is InChI=1S/C18H14BrN3O2S/c1-24-16-8-7-13(9-14(16)19)11-20-22-17(23)15(21-18(22)25)10-12-5-3-2-4-6-12/h2-11H,1H3,(H,21,25)/b15-10+,20-11+. The number of hydrogen-bond acceptors (Lipinski definition) is 4. The van der Waals surface area contributed by atoms with E-state index >= 15 is 0 Å². The molecule has 1 amide bonds. The molecular formula is C18H14BrN3O2S. The minimum atomic E-state index is -0.294. The Labute approximate surface area is 159 Å². The number of carbonyl (C=O) groups excluding carboxylic acids is 1. The number of hydrazone groups is 1. The molecule has 1 heterocycles. The van der Waals surface area contributed by atoms with Crippen LogP contribution < -0.4 is 10.1 Å². The Kier molecular flexibility index (Phi) is 5.25. The average molecular weight is 416 g/mol. The van der Waals surface area contributed by atoms with Gasteiger partial charge in [0.25, 0.3) is 5.91 Å². The van der Waals surface area contributed by atoms with Crippen molar-refractivity contribution >= 4 is 51.5 Å². The van der Waals surface area contributed by atoms with Gasteiger partial charge in [0.2, 0.25) is 5.11 Å². The minimum absolute atomic E-state index is 0.246. The summed E-state index contributed by atoms with van der Waals surface area (Å²) in [6.45, 7) is 0. The van der Waals surface area contributed by atoms with Crippen molar-refractivity contribution in [1.29, 1.82) is 0 Å². The van der Waals surface area contributed by atoms with Crippen molar-refractivity contribution in [2.24, 2.45) is 5.10 Å². The number of nitrogens with one attached hydrogen (secondary N) is 1. The van der Waals surface area contributed by atoms with Crippen LogP contribution in [0.2, 0.25) is 0 Å². The molecule has 3 rings (SSSR count). The van der Waals surface area contributed by atoms with Crippen LogP contribution in [0, 0.1) is 0 Å². The van der Waals surface area contributed by atoms with Gasteiger partial charge in [-0.25, -0.2) is 0 Å². The molecule has 5 nitrogen and oxygen atoms in total. The maximum atomic E-state index is 12.5. The third-order valence-corrected chi connectivity index (χ3v) is 4.36. The Bertz CT molecular complexity index is 881. The maximum absolute atomic E-state index is 12.5. The van der Waals surface area contributed by atoms with Gasteiger partial charge in [0, 0.05) is 0 Å². The normalized spacial score (nSPS) is 15.9. The van der Waals surface area contributed by atoms with E-state index in [4.69, 9.17) is 17.0 Å². The van der Waals surface area contributed by atoms with Crippen molar-refractivity contribution in [3.8, 4) is 5.75 Å². The van der Waals surface area contributed by atoms with E-state index in [0.717, 1.165) is 21.3 Å². The molecule has 0 radical (unpaired) electrons. The highest BCUT2D eigenvalue weighted by Gasteiger charge is 2.30. The molecule has 1 saturated heterocycles. The first kappa shape index (κ1) is 17.3. The molecular weight excluding hydrogens is 402 g/mol. The molecule has 0 unspecified atom stereocenters. The molecule has 0 saturated carbocycles. The van der Waals surface area contributed by atoms with Crippen LogP contribution in [0.4, 0.5) is 0 Å². The van der Waals surface area contributed by atoms with Crippen LogP contribution in [0.5, 0.6) is 5.75 Å². The second-order valence-electron chi connectivity index (χ2n) is 5.15. The van der Waals surface area contributed by atoms with Crippen molar-refractivity contribution < 1.29 is 9.53 Å². The van der Waals surface area contributed by atoms with Gasteiger partial charge in [-0.3, -0.25) is 4.79 Å². The molecule has 0 spiro atoms. The summed E-state index contributed by atoms with van der Waals surface area (Å²) in [5.74, 6) is 0.428. The number of methoxy groups -OCH3 is 1. The third-order valence-electron chi connectivity index (χ3n) is 3.47. The lowest BCUT2D eigenvalue weighted by Gasteiger charge is -2.06. The molecule has 1 N–H and O–H groups in total. The van der Waals surface area contributed by atoms with Gasteiger partial charge in [-0.05, 0) is 63.5 Å². The molecule has 2 aromatic carbocycles. The fourth-order valence-electron chi connectivity index (χ4n) is 2.23. The van der Waals surface area contributed by atoms with Crippen LogP contribution >= 0.6 is 28.1 Å². The van der Waals surface area contributed by atoms with Gasteiger partial charge in [-0.15, -0.1) is 0 Å². The molecule has 25 heavy (non-hydrogen) atoms. The molecule has 0 aromatic heterocycles. The highest BCUT2D eigenvalue weighted by Crippen LogP contribution is 2.25. The van der Waals surface area contributed by atoms with Gasteiger partial charge < -0.3 is 10.1 Å². The number of halogens is 1. The first-order valence-corrected chi connectivity index (χ1v) is 8.58. The van der Waals surface area contributed by atoms with Gasteiger partial charge in [0.1, 0.15) is 11.4 Å². The molecule has 2 aromatic rings. The molecule has 1 aliphatic heterocycles. The van der Waals surface area contributed by atoms with E-state index in [-0.39, 0.29) is 11.0 Å². The summed E-state index contributed by atoms with van der Waals surface area (Å²) in [6, 6.07) is 15.0. The number of rotatable bonds is 4. The summed E-state index contributed by atoms with van der Waals surface area (Å²) in [5.41, 5.74) is 2.11. The van der Waals surface area contributed by atoms with Crippen molar-refractivity contribution in [3.63, 3.8) is 0 Å². The second kappa shape index (κ2) is 7.58. The van der Waals surface area contributed by atoms with Crippen LogP contribution in [-0.2, 0) is 4.79 Å². The topological polar surface area (TPSA) is 53.9 Å². The lowest BCUT2D eigenvalue weighted by molar-refractivity contribution is -0.122. The van der Waals surface area contributed by atoms with E-state index < -0.39 is 0 Å². The van der Waals surface area contributed by atoms with E-state index in [2.05, 4.69) is 26.3 Å². The van der Waals surface area contributed by atoms with Gasteiger partial charge in [0.05, 0.1) is 17.8 Å². The van der Waals surface area contributed by atoms with E-state index in [1.54, 1.807) is 19.4 Å². The van der Waals surface area contributed by atoms with Crippen LogP contribution in [0.25, 0.3) is 6.08 Å². The van der Waals surface area contributed by atoms with Crippen molar-refractivity contribution in [1.82, 2.24) is 10.3 Å². The van der Waals surface area contributed by atoms with Crippen LogP contribution in [-0.4, -0.2) is 29.4 Å². The molecule has 0 atom stereocenters. The highest BCUT2D eigenvalue weighted by atomic mass is 79.9. The average Bonchev–Trinajstić information content (AvgIpc) is 2.87. The van der Waals surface area contributed by atoms with E-state index in [9.17, 15) is 4.79 Å². The highest BCUT2D eigenvalue weighted by molar-refractivity contribution is 9.10. The lowest BCUT2D eigenvalue weighted by Crippen LogP contribution is -2.25. The minimum Gasteiger partial charge on any atom is -0.496 e. The number of hydrogen-bond donors (Lipinski definition) is 1. The second-order valence-corrected chi connectivity index (χ2v) is 6.40. The van der Waals surface area contributed by atoms with Gasteiger partial charge in [-0.1, -0.05) is 30.3 Å². The Morgan fingerprint density at radius 3 is 2.64 bits per heavy atom. The summed E-state index contributed by atoms with van der Waals surface area (Å²) in [7, 11) is 1.60. The van der Waals surface area contributed by atoms with Crippen LogP contribution in [0.1, 0.15) is 11.1 Å². The Hall–Kier alpha value is -2.51. The third kappa shape index (κ3) is 3.94. The fourth-order valence-corrected chi connectivity index (χ4v) is 3.03. The first-order valence-electron chi connectivity index (χ1n) is 7.38. The summed E-state index contributed by atoms with van der Waals surface area (Å²) in [6.07, 6.45) is 3.32. The van der Waals surface area contributed by atoms with Gasteiger partial charge in [0.15, 0.2) is 0 Å². The molecule has 0 aliphatic carbocycles. The Balaban J connectivity index is 1.79. The fraction of sp³-hybridized carbons (Fsp3) is 0.0556. The summed E-state index contributed by atoms with van der Waals surface area (Å²) in [4.78, 5) is 12.5. The zero-order valence-electron chi connectivity index (χ0n) is 13.3. The SMILES string of the molecule is COc1ccc(/C=N/N2C(=O)/C(=C\c3ccccc3)NC2=S)cc1Br.